The van der Waals surface area contributed by atoms with Crippen LogP contribution in [0.25, 0.3) is 0 Å². The summed E-state index contributed by atoms with van der Waals surface area (Å²) in [5.41, 5.74) is 3.20. The molecule has 1 aromatic carbocycles. The van der Waals surface area contributed by atoms with E-state index in [1.807, 2.05) is 0 Å². The van der Waals surface area contributed by atoms with Crippen molar-refractivity contribution in [2.24, 2.45) is 11.8 Å². The van der Waals surface area contributed by atoms with Gasteiger partial charge < -0.3 is 4.90 Å². The summed E-state index contributed by atoms with van der Waals surface area (Å²) in [5, 5.41) is 0. The zero-order chi connectivity index (χ0) is 18.6. The first-order chi connectivity index (χ1) is 12.6. The SMILES string of the molecule is CCCCCCN1CC2C(C1)C2(C)c1cccc(CCCNS(=O)O)c1. The number of nitrogens with one attached hydrogen (secondary N) is 1. The predicted octanol–water partition coefficient (Wildman–Crippen LogP) is 3.75. The summed E-state index contributed by atoms with van der Waals surface area (Å²) in [5.74, 6) is 1.64. The number of rotatable bonds is 11. The van der Waals surface area contributed by atoms with Gasteiger partial charge in [-0.25, -0.2) is 8.93 Å². The summed E-state index contributed by atoms with van der Waals surface area (Å²) >= 11 is -1.90. The molecule has 2 aliphatic rings. The number of hydrogen-bond donors (Lipinski definition) is 2. The highest BCUT2D eigenvalue weighted by molar-refractivity contribution is 7.77. The van der Waals surface area contributed by atoms with Gasteiger partial charge in [-0.1, -0.05) is 57.4 Å². The lowest BCUT2D eigenvalue weighted by atomic mass is 9.90. The van der Waals surface area contributed by atoms with E-state index in [0.29, 0.717) is 12.0 Å². The lowest BCUT2D eigenvalue weighted by Gasteiger charge is -2.24. The predicted molar refractivity (Wildman–Crippen MR) is 108 cm³/mol. The molecule has 1 saturated carbocycles. The maximum absolute atomic E-state index is 10.6. The Kier molecular flexibility index (Phi) is 6.89. The lowest BCUT2D eigenvalue weighted by molar-refractivity contribution is 0.271. The Morgan fingerprint density at radius 1 is 1.23 bits per heavy atom. The van der Waals surface area contributed by atoms with Crippen LogP contribution in [0.2, 0.25) is 0 Å². The minimum atomic E-state index is -1.90. The molecule has 3 unspecified atom stereocenters. The van der Waals surface area contributed by atoms with Gasteiger partial charge >= 0.3 is 0 Å². The highest BCUT2D eigenvalue weighted by Gasteiger charge is 2.65. The smallest absolute Gasteiger partial charge is 0.231 e. The number of unbranched alkanes of at least 4 members (excludes halogenated alkanes) is 3. The fraction of sp³-hybridized carbons (Fsp3) is 0.714. The van der Waals surface area contributed by atoms with Crippen molar-refractivity contribution in [2.45, 2.75) is 57.8 Å². The maximum atomic E-state index is 10.6. The molecule has 1 aromatic rings. The van der Waals surface area contributed by atoms with Crippen molar-refractivity contribution >= 4 is 11.3 Å². The molecule has 3 rings (SSSR count). The molecule has 2 N–H and O–H groups in total. The fourth-order valence-corrected chi connectivity index (χ4v) is 5.17. The zero-order valence-electron chi connectivity index (χ0n) is 16.2. The van der Waals surface area contributed by atoms with Crippen LogP contribution in [0.3, 0.4) is 0 Å². The van der Waals surface area contributed by atoms with Gasteiger partial charge in [0.15, 0.2) is 0 Å². The Balaban J connectivity index is 1.48. The number of fused-ring (bicyclic) bond motifs is 1. The third kappa shape index (κ3) is 4.56. The van der Waals surface area contributed by atoms with E-state index in [0.717, 1.165) is 24.7 Å². The Bertz CT molecular complexity index is 610. The average molecular weight is 379 g/mol. The first-order valence-electron chi connectivity index (χ1n) is 10.2. The molecule has 0 spiro atoms. The van der Waals surface area contributed by atoms with Crippen LogP contribution in [0.4, 0.5) is 0 Å². The molecule has 1 saturated heterocycles. The van der Waals surface area contributed by atoms with Crippen molar-refractivity contribution < 1.29 is 8.76 Å². The first-order valence-corrected chi connectivity index (χ1v) is 11.3. The number of benzene rings is 1. The second kappa shape index (κ2) is 8.96. The molecule has 0 aromatic heterocycles. The number of hydrogen-bond acceptors (Lipinski definition) is 2. The van der Waals surface area contributed by atoms with Crippen molar-refractivity contribution in [3.05, 3.63) is 35.4 Å². The molecule has 3 atom stereocenters. The van der Waals surface area contributed by atoms with Crippen molar-refractivity contribution in [3.63, 3.8) is 0 Å². The largest absolute Gasteiger partial charge is 0.303 e. The number of nitrogens with zero attached hydrogens (tertiary/aromatic N) is 1. The molecule has 146 valence electrons. The maximum Gasteiger partial charge on any atom is 0.231 e. The molecule has 26 heavy (non-hydrogen) atoms. The Morgan fingerprint density at radius 2 is 2.00 bits per heavy atom. The van der Waals surface area contributed by atoms with Crippen LogP contribution in [0, 0.1) is 11.8 Å². The van der Waals surface area contributed by atoms with Crippen LogP contribution in [0.15, 0.2) is 24.3 Å². The monoisotopic (exact) mass is 378 g/mol. The van der Waals surface area contributed by atoms with Crippen molar-refractivity contribution in [3.8, 4) is 0 Å². The van der Waals surface area contributed by atoms with Crippen molar-refractivity contribution in [1.82, 2.24) is 9.62 Å². The standard InChI is InChI=1S/C21H34N2O2S/c1-3-4-5-6-13-23-15-19-20(16-23)21(19,2)18-11-7-9-17(14-18)10-8-12-22-26(24)25/h7,9,11,14,19-20,22H,3-6,8,10,12-13,15-16H2,1-2H3,(H,24,25). The molecule has 0 amide bonds. The van der Waals surface area contributed by atoms with Crippen LogP contribution in [0.5, 0.6) is 0 Å². The molecule has 0 radical (unpaired) electrons. The highest BCUT2D eigenvalue weighted by Crippen LogP contribution is 2.63. The highest BCUT2D eigenvalue weighted by atomic mass is 32.2. The van der Waals surface area contributed by atoms with Gasteiger partial charge in [-0.15, -0.1) is 0 Å². The van der Waals surface area contributed by atoms with Crippen LogP contribution in [0.1, 0.15) is 57.1 Å². The summed E-state index contributed by atoms with van der Waals surface area (Å²) in [4.78, 5) is 2.68. The first kappa shape index (κ1) is 20.0. The third-order valence-electron chi connectivity index (χ3n) is 6.57. The second-order valence-electron chi connectivity index (χ2n) is 8.26. The van der Waals surface area contributed by atoms with Gasteiger partial charge in [-0.05, 0) is 48.8 Å². The van der Waals surface area contributed by atoms with Gasteiger partial charge in [0.05, 0.1) is 0 Å². The Hall–Kier alpha value is -0.750. The second-order valence-corrected chi connectivity index (χ2v) is 9.05. The molecule has 1 aliphatic carbocycles. The minimum absolute atomic E-state index is 0.362. The van der Waals surface area contributed by atoms with Gasteiger partial charge in [0, 0.05) is 25.0 Å². The Labute approximate surface area is 161 Å². The summed E-state index contributed by atoms with van der Waals surface area (Å²) in [7, 11) is 0. The quantitative estimate of drug-likeness (QED) is 0.455. The van der Waals surface area contributed by atoms with E-state index >= 15 is 0 Å². The van der Waals surface area contributed by atoms with Crippen molar-refractivity contribution in [1.29, 1.82) is 0 Å². The van der Waals surface area contributed by atoms with Gasteiger partial charge in [-0.3, -0.25) is 4.55 Å². The molecule has 2 fully saturated rings. The Morgan fingerprint density at radius 3 is 2.69 bits per heavy atom. The minimum Gasteiger partial charge on any atom is -0.303 e. The topological polar surface area (TPSA) is 52.6 Å². The fourth-order valence-electron chi connectivity index (χ4n) is 4.85. The van der Waals surface area contributed by atoms with Gasteiger partial charge in [0.1, 0.15) is 0 Å². The summed E-state index contributed by atoms with van der Waals surface area (Å²) in [6.07, 6.45) is 7.24. The van der Waals surface area contributed by atoms with E-state index in [1.165, 1.54) is 56.4 Å². The van der Waals surface area contributed by atoms with Crippen LogP contribution in [-0.4, -0.2) is 39.8 Å². The third-order valence-corrected chi connectivity index (χ3v) is 7.02. The van der Waals surface area contributed by atoms with E-state index in [9.17, 15) is 4.21 Å². The van der Waals surface area contributed by atoms with E-state index in [2.05, 4.69) is 47.7 Å². The molecule has 1 heterocycles. The van der Waals surface area contributed by atoms with E-state index in [4.69, 9.17) is 4.55 Å². The molecule has 1 aliphatic heterocycles. The van der Waals surface area contributed by atoms with E-state index in [-0.39, 0.29) is 0 Å². The van der Waals surface area contributed by atoms with Crippen LogP contribution < -0.4 is 4.72 Å². The molecule has 5 heteroatoms. The van der Waals surface area contributed by atoms with Crippen molar-refractivity contribution in [2.75, 3.05) is 26.2 Å². The molecule has 0 bridgehead atoms. The number of aryl methyl sites for hydroxylation is 1. The average Bonchev–Trinajstić information content (AvgIpc) is 2.98. The molecule has 4 nitrogen and oxygen atoms in total. The summed E-state index contributed by atoms with van der Waals surface area (Å²) < 4.78 is 22.0. The van der Waals surface area contributed by atoms with Gasteiger partial charge in [0.25, 0.3) is 0 Å². The van der Waals surface area contributed by atoms with Gasteiger partial charge in [0.2, 0.25) is 11.3 Å². The zero-order valence-corrected chi connectivity index (χ0v) is 17.1. The van der Waals surface area contributed by atoms with Gasteiger partial charge in [-0.2, -0.15) is 0 Å². The van der Waals surface area contributed by atoms with E-state index < -0.39 is 11.3 Å². The molecular formula is C21H34N2O2S. The number of likely N-dealkylation sites (tertiary alicyclic amines) is 1. The lowest BCUT2D eigenvalue weighted by Crippen LogP contribution is -2.29. The summed E-state index contributed by atoms with van der Waals surface area (Å²) in [6, 6.07) is 9.04. The summed E-state index contributed by atoms with van der Waals surface area (Å²) in [6.45, 7) is 9.11. The van der Waals surface area contributed by atoms with E-state index in [1.54, 1.807) is 0 Å². The normalized spacial score (nSPS) is 28.9. The van der Waals surface area contributed by atoms with Crippen LogP contribution >= 0.6 is 0 Å². The van der Waals surface area contributed by atoms with Crippen LogP contribution in [-0.2, 0) is 23.1 Å². The molecular weight excluding hydrogens is 344 g/mol. The number of piperidine rings is 1.